The van der Waals surface area contributed by atoms with E-state index in [9.17, 15) is 0 Å². The molecule has 0 unspecified atom stereocenters. The summed E-state index contributed by atoms with van der Waals surface area (Å²) < 4.78 is 1.10. The van der Waals surface area contributed by atoms with E-state index in [1.807, 2.05) is 12.3 Å². The Labute approximate surface area is 68.0 Å². The van der Waals surface area contributed by atoms with E-state index in [0.29, 0.717) is 5.92 Å². The van der Waals surface area contributed by atoms with E-state index in [1.165, 1.54) is 0 Å². The van der Waals surface area contributed by atoms with Crippen molar-refractivity contribution in [3.63, 3.8) is 0 Å². The molecular formula is C8H6BrN. The number of allylic oxidation sites excluding steroid dienone is 5. The van der Waals surface area contributed by atoms with Gasteiger partial charge in [-0.05, 0) is 6.08 Å². The van der Waals surface area contributed by atoms with E-state index in [-0.39, 0.29) is 0 Å². The lowest BCUT2D eigenvalue weighted by Gasteiger charge is -2.07. The van der Waals surface area contributed by atoms with Crippen LogP contribution in [0.4, 0.5) is 0 Å². The normalized spacial score (nSPS) is 27.9. The first-order valence-corrected chi connectivity index (χ1v) is 3.95. The maximum Gasteiger partial charge on any atom is 0.0522 e. The highest BCUT2D eigenvalue weighted by molar-refractivity contribution is 9.11. The molecule has 50 valence electrons. The summed E-state index contributed by atoms with van der Waals surface area (Å²) in [5.74, 6) is 0.432. The number of hydrogen-bond acceptors (Lipinski definition) is 1. The van der Waals surface area contributed by atoms with Crippen molar-refractivity contribution in [2.75, 3.05) is 0 Å². The largest absolute Gasteiger partial charge is 0.261 e. The number of aliphatic imine (C=N–C) groups is 1. The van der Waals surface area contributed by atoms with Crippen LogP contribution in [0.1, 0.15) is 0 Å². The van der Waals surface area contributed by atoms with Crippen LogP contribution in [0.3, 0.4) is 0 Å². The third kappa shape index (κ3) is 0.886. The van der Waals surface area contributed by atoms with E-state index < -0.39 is 0 Å². The smallest absolute Gasteiger partial charge is 0.0522 e. The van der Waals surface area contributed by atoms with E-state index in [1.54, 1.807) is 0 Å². The number of fused-ring (bicyclic) bond motifs is 1. The maximum atomic E-state index is 4.19. The summed E-state index contributed by atoms with van der Waals surface area (Å²) in [4.78, 5) is 4.19. The fraction of sp³-hybridized carbons (Fsp3) is 0.125. The summed E-state index contributed by atoms with van der Waals surface area (Å²) in [5, 5.41) is 0. The van der Waals surface area contributed by atoms with Crippen molar-refractivity contribution in [3.05, 3.63) is 35.0 Å². The van der Waals surface area contributed by atoms with Crippen LogP contribution in [0.15, 0.2) is 40.0 Å². The Morgan fingerprint density at radius 2 is 2.30 bits per heavy atom. The summed E-state index contributed by atoms with van der Waals surface area (Å²) in [6.45, 7) is 0. The molecule has 1 aliphatic carbocycles. The second-order valence-corrected chi connectivity index (χ2v) is 3.23. The topological polar surface area (TPSA) is 12.4 Å². The highest BCUT2D eigenvalue weighted by Crippen LogP contribution is 2.22. The predicted molar refractivity (Wildman–Crippen MR) is 46.2 cm³/mol. The Balaban J connectivity index is 2.39. The predicted octanol–water partition coefficient (Wildman–Crippen LogP) is 2.42. The van der Waals surface area contributed by atoms with Gasteiger partial charge in [0.15, 0.2) is 0 Å². The maximum absolute atomic E-state index is 4.19. The molecule has 0 aromatic heterocycles. The Kier molecular flexibility index (Phi) is 1.34. The van der Waals surface area contributed by atoms with Gasteiger partial charge >= 0.3 is 0 Å². The Hall–Kier alpha value is -0.630. The van der Waals surface area contributed by atoms with Gasteiger partial charge in [-0.1, -0.05) is 34.2 Å². The third-order valence-electron chi connectivity index (χ3n) is 1.61. The molecule has 1 heterocycles. The SMILES string of the molecule is BrC1=CC2=NC=C[C@H]2C=C1. The van der Waals surface area contributed by atoms with Gasteiger partial charge in [-0.25, -0.2) is 0 Å². The summed E-state index contributed by atoms with van der Waals surface area (Å²) in [6.07, 6.45) is 10.2. The zero-order valence-electron chi connectivity index (χ0n) is 5.29. The standard InChI is InChI=1S/C8H6BrN/c9-7-2-1-6-3-4-10-8(6)5-7/h1-6H/t6-/m1/s1. The summed E-state index contributed by atoms with van der Waals surface area (Å²) in [7, 11) is 0. The van der Waals surface area contributed by atoms with E-state index in [4.69, 9.17) is 0 Å². The van der Waals surface area contributed by atoms with Crippen molar-refractivity contribution in [1.29, 1.82) is 0 Å². The first-order valence-electron chi connectivity index (χ1n) is 3.16. The minimum atomic E-state index is 0.432. The number of hydrogen-bond donors (Lipinski definition) is 0. The fourth-order valence-corrected chi connectivity index (χ4v) is 1.47. The van der Waals surface area contributed by atoms with Crippen LogP contribution in [-0.4, -0.2) is 5.71 Å². The second kappa shape index (κ2) is 2.20. The lowest BCUT2D eigenvalue weighted by molar-refractivity contribution is 1.16. The molecule has 0 saturated carbocycles. The summed E-state index contributed by atoms with van der Waals surface area (Å²) in [6, 6.07) is 0. The Morgan fingerprint density at radius 1 is 1.40 bits per heavy atom. The molecule has 0 N–H and O–H groups in total. The van der Waals surface area contributed by atoms with Crippen LogP contribution in [0, 0.1) is 5.92 Å². The number of rotatable bonds is 0. The Morgan fingerprint density at radius 3 is 3.20 bits per heavy atom. The van der Waals surface area contributed by atoms with Gasteiger partial charge < -0.3 is 0 Å². The monoisotopic (exact) mass is 195 g/mol. The van der Waals surface area contributed by atoms with Gasteiger partial charge in [0.1, 0.15) is 0 Å². The summed E-state index contributed by atoms with van der Waals surface area (Å²) in [5.41, 5.74) is 1.13. The number of nitrogens with zero attached hydrogens (tertiary/aromatic N) is 1. The summed E-state index contributed by atoms with van der Waals surface area (Å²) >= 11 is 3.39. The first-order chi connectivity index (χ1) is 4.86. The van der Waals surface area contributed by atoms with Gasteiger partial charge in [-0.3, -0.25) is 4.99 Å². The highest BCUT2D eigenvalue weighted by Gasteiger charge is 2.14. The average molecular weight is 196 g/mol. The molecule has 10 heavy (non-hydrogen) atoms. The van der Waals surface area contributed by atoms with Crippen molar-refractivity contribution in [2.24, 2.45) is 10.9 Å². The van der Waals surface area contributed by atoms with Crippen molar-refractivity contribution < 1.29 is 0 Å². The minimum Gasteiger partial charge on any atom is -0.261 e. The molecular weight excluding hydrogens is 190 g/mol. The zero-order chi connectivity index (χ0) is 6.97. The van der Waals surface area contributed by atoms with Crippen LogP contribution < -0.4 is 0 Å². The van der Waals surface area contributed by atoms with Crippen LogP contribution >= 0.6 is 15.9 Å². The molecule has 1 atom stereocenters. The molecule has 0 saturated heterocycles. The molecule has 1 aliphatic heterocycles. The fourth-order valence-electron chi connectivity index (χ4n) is 1.09. The molecule has 0 fully saturated rings. The Bertz CT molecular complexity index is 271. The average Bonchev–Trinajstić information content (AvgIpc) is 2.33. The van der Waals surface area contributed by atoms with Crippen molar-refractivity contribution in [2.45, 2.75) is 0 Å². The van der Waals surface area contributed by atoms with Gasteiger partial charge in [0.25, 0.3) is 0 Å². The molecule has 0 radical (unpaired) electrons. The van der Waals surface area contributed by atoms with E-state index >= 15 is 0 Å². The van der Waals surface area contributed by atoms with Crippen molar-refractivity contribution in [3.8, 4) is 0 Å². The number of halogens is 1. The quantitative estimate of drug-likeness (QED) is 0.564. The minimum absolute atomic E-state index is 0.432. The van der Waals surface area contributed by atoms with Gasteiger partial charge in [-0.15, -0.1) is 0 Å². The van der Waals surface area contributed by atoms with Crippen LogP contribution in [-0.2, 0) is 0 Å². The zero-order valence-corrected chi connectivity index (χ0v) is 6.88. The molecule has 2 rings (SSSR count). The van der Waals surface area contributed by atoms with E-state index in [0.717, 1.165) is 10.2 Å². The van der Waals surface area contributed by atoms with Gasteiger partial charge in [0.05, 0.1) is 5.71 Å². The van der Waals surface area contributed by atoms with Gasteiger partial charge in [0.2, 0.25) is 0 Å². The van der Waals surface area contributed by atoms with Crippen LogP contribution in [0.25, 0.3) is 0 Å². The van der Waals surface area contributed by atoms with Crippen LogP contribution in [0.2, 0.25) is 0 Å². The molecule has 0 spiro atoms. The molecule has 0 amide bonds. The van der Waals surface area contributed by atoms with Crippen molar-refractivity contribution >= 4 is 21.6 Å². The first kappa shape index (κ1) is 6.10. The van der Waals surface area contributed by atoms with Crippen molar-refractivity contribution in [1.82, 2.24) is 0 Å². The molecule has 0 bridgehead atoms. The molecule has 1 nitrogen and oxygen atoms in total. The van der Waals surface area contributed by atoms with Crippen LogP contribution in [0.5, 0.6) is 0 Å². The molecule has 2 aliphatic rings. The van der Waals surface area contributed by atoms with E-state index in [2.05, 4.69) is 39.2 Å². The molecule has 0 aromatic rings. The second-order valence-electron chi connectivity index (χ2n) is 2.31. The lowest BCUT2D eigenvalue weighted by atomic mass is 10.0. The lowest BCUT2D eigenvalue weighted by Crippen LogP contribution is -2.06. The highest BCUT2D eigenvalue weighted by atomic mass is 79.9. The third-order valence-corrected chi connectivity index (χ3v) is 2.10. The molecule has 2 heteroatoms. The van der Waals surface area contributed by atoms with Gasteiger partial charge in [0, 0.05) is 16.6 Å². The molecule has 0 aromatic carbocycles. The van der Waals surface area contributed by atoms with Gasteiger partial charge in [-0.2, -0.15) is 0 Å².